The van der Waals surface area contributed by atoms with Crippen molar-refractivity contribution in [1.82, 2.24) is 4.72 Å². The molecular formula is C12H18N2O4S. The first-order chi connectivity index (χ1) is 8.88. The van der Waals surface area contributed by atoms with Gasteiger partial charge in [0.1, 0.15) is 5.75 Å². The van der Waals surface area contributed by atoms with Gasteiger partial charge in [0.25, 0.3) is 0 Å². The van der Waals surface area contributed by atoms with Gasteiger partial charge in [0.15, 0.2) is 0 Å². The number of nitrogen functional groups attached to an aromatic ring is 1. The molecule has 0 aromatic heterocycles. The number of rotatable bonds is 3. The summed E-state index contributed by atoms with van der Waals surface area (Å²) < 4.78 is 26.9. The third-order valence-corrected chi connectivity index (χ3v) is 4.85. The van der Waals surface area contributed by atoms with Gasteiger partial charge in [-0.25, -0.2) is 13.1 Å². The molecule has 0 unspecified atom stereocenters. The highest BCUT2D eigenvalue weighted by atomic mass is 32.2. The Labute approximate surface area is 112 Å². The van der Waals surface area contributed by atoms with Gasteiger partial charge < -0.3 is 15.9 Å². The van der Waals surface area contributed by atoms with Crippen LogP contribution < -0.4 is 10.5 Å². The van der Waals surface area contributed by atoms with Crippen LogP contribution in [0, 0.1) is 0 Å². The Morgan fingerprint density at radius 3 is 2.42 bits per heavy atom. The lowest BCUT2D eigenvalue weighted by molar-refractivity contribution is 0.120. The average molecular weight is 286 g/mol. The van der Waals surface area contributed by atoms with Crippen molar-refractivity contribution in [2.75, 3.05) is 5.73 Å². The molecule has 1 fully saturated rings. The molecular weight excluding hydrogens is 268 g/mol. The van der Waals surface area contributed by atoms with Crippen molar-refractivity contribution in [2.24, 2.45) is 0 Å². The molecule has 1 aliphatic rings. The lowest BCUT2D eigenvalue weighted by Crippen LogP contribution is -2.38. The molecule has 1 saturated carbocycles. The normalized spacial score (nSPS) is 24.3. The molecule has 106 valence electrons. The van der Waals surface area contributed by atoms with E-state index >= 15 is 0 Å². The molecule has 2 rings (SSSR count). The van der Waals surface area contributed by atoms with E-state index in [0.717, 1.165) is 0 Å². The van der Waals surface area contributed by atoms with Crippen LogP contribution in [0.1, 0.15) is 25.7 Å². The number of nitrogens with two attached hydrogens (primary N) is 1. The second-order valence-corrected chi connectivity index (χ2v) is 6.56. The van der Waals surface area contributed by atoms with Crippen molar-refractivity contribution in [2.45, 2.75) is 42.7 Å². The fourth-order valence-electron chi connectivity index (χ4n) is 2.18. The monoisotopic (exact) mass is 286 g/mol. The Balaban J connectivity index is 2.11. The first kappa shape index (κ1) is 14.1. The van der Waals surface area contributed by atoms with E-state index in [2.05, 4.69) is 4.72 Å². The van der Waals surface area contributed by atoms with Crippen molar-refractivity contribution >= 4 is 15.7 Å². The molecule has 19 heavy (non-hydrogen) atoms. The van der Waals surface area contributed by atoms with E-state index < -0.39 is 10.0 Å². The van der Waals surface area contributed by atoms with Gasteiger partial charge in [0.2, 0.25) is 10.0 Å². The zero-order chi connectivity index (χ0) is 14.0. The van der Waals surface area contributed by atoms with Gasteiger partial charge in [0, 0.05) is 6.04 Å². The molecule has 5 N–H and O–H groups in total. The van der Waals surface area contributed by atoms with E-state index in [1.165, 1.54) is 18.2 Å². The van der Waals surface area contributed by atoms with E-state index in [0.29, 0.717) is 25.7 Å². The maximum atomic E-state index is 12.1. The zero-order valence-corrected chi connectivity index (χ0v) is 11.2. The number of hydrogen-bond acceptors (Lipinski definition) is 5. The molecule has 1 aliphatic carbocycles. The highest BCUT2D eigenvalue weighted by Crippen LogP contribution is 2.25. The minimum atomic E-state index is -3.64. The second kappa shape index (κ2) is 5.36. The van der Waals surface area contributed by atoms with Crippen LogP contribution in [-0.4, -0.2) is 30.8 Å². The van der Waals surface area contributed by atoms with Crippen LogP contribution in [-0.2, 0) is 10.0 Å². The summed E-state index contributed by atoms with van der Waals surface area (Å²) in [6.07, 6.45) is 2.11. The number of phenolic OH excluding ortho intramolecular Hbond substituents is 1. The number of sulfonamides is 1. The summed E-state index contributed by atoms with van der Waals surface area (Å²) >= 11 is 0. The van der Waals surface area contributed by atoms with Crippen LogP contribution in [0.5, 0.6) is 5.75 Å². The first-order valence-corrected chi connectivity index (χ1v) is 7.65. The third kappa shape index (κ3) is 3.37. The van der Waals surface area contributed by atoms with Gasteiger partial charge in [-0.05, 0) is 43.9 Å². The molecule has 0 saturated heterocycles. The average Bonchev–Trinajstić information content (AvgIpc) is 2.35. The number of phenols is 1. The summed E-state index contributed by atoms with van der Waals surface area (Å²) in [7, 11) is -3.64. The summed E-state index contributed by atoms with van der Waals surface area (Å²) in [6, 6.07) is 3.64. The van der Waals surface area contributed by atoms with Crippen LogP contribution in [0.15, 0.2) is 23.1 Å². The number of benzene rings is 1. The highest BCUT2D eigenvalue weighted by molar-refractivity contribution is 7.89. The van der Waals surface area contributed by atoms with Crippen LogP contribution in [0.4, 0.5) is 5.69 Å². The van der Waals surface area contributed by atoms with E-state index in [4.69, 9.17) is 5.73 Å². The standard InChI is InChI=1S/C12H18N2O4S/c13-11-7-10(5-6-12(11)16)19(17,18)14-8-1-3-9(15)4-2-8/h5-9,14-16H,1-4,13H2. The van der Waals surface area contributed by atoms with Gasteiger partial charge in [0.05, 0.1) is 16.7 Å². The molecule has 6 nitrogen and oxygen atoms in total. The fourth-order valence-corrected chi connectivity index (χ4v) is 3.52. The Kier molecular flexibility index (Phi) is 3.98. The molecule has 0 spiro atoms. The van der Waals surface area contributed by atoms with Crippen LogP contribution in [0.2, 0.25) is 0 Å². The number of aliphatic hydroxyl groups is 1. The molecule has 0 amide bonds. The molecule has 1 aromatic rings. The van der Waals surface area contributed by atoms with Crippen LogP contribution >= 0.6 is 0 Å². The van der Waals surface area contributed by atoms with Crippen molar-refractivity contribution in [3.63, 3.8) is 0 Å². The Morgan fingerprint density at radius 2 is 1.84 bits per heavy atom. The smallest absolute Gasteiger partial charge is 0.240 e. The van der Waals surface area contributed by atoms with Gasteiger partial charge in [-0.2, -0.15) is 0 Å². The maximum Gasteiger partial charge on any atom is 0.240 e. The summed E-state index contributed by atoms with van der Waals surface area (Å²) in [5, 5.41) is 18.7. The zero-order valence-electron chi connectivity index (χ0n) is 10.4. The number of nitrogens with one attached hydrogen (secondary N) is 1. The Morgan fingerprint density at radius 1 is 1.21 bits per heavy atom. The summed E-state index contributed by atoms with van der Waals surface area (Å²) in [5.41, 5.74) is 5.52. The SMILES string of the molecule is Nc1cc(S(=O)(=O)NC2CCC(O)CC2)ccc1O. The number of anilines is 1. The highest BCUT2D eigenvalue weighted by Gasteiger charge is 2.25. The summed E-state index contributed by atoms with van der Waals surface area (Å²) in [5.74, 6) is -0.139. The number of hydrogen-bond donors (Lipinski definition) is 4. The summed E-state index contributed by atoms with van der Waals surface area (Å²) in [4.78, 5) is 0.0360. The van der Waals surface area contributed by atoms with Crippen molar-refractivity contribution < 1.29 is 18.6 Å². The van der Waals surface area contributed by atoms with Gasteiger partial charge in [-0.3, -0.25) is 0 Å². The molecule has 0 aliphatic heterocycles. The number of aliphatic hydroxyl groups excluding tert-OH is 1. The molecule has 0 bridgehead atoms. The lowest BCUT2D eigenvalue weighted by Gasteiger charge is -2.26. The molecule has 0 radical (unpaired) electrons. The van der Waals surface area contributed by atoms with Gasteiger partial charge >= 0.3 is 0 Å². The molecule has 7 heteroatoms. The third-order valence-electron chi connectivity index (χ3n) is 3.33. The van der Waals surface area contributed by atoms with Gasteiger partial charge in [-0.15, -0.1) is 0 Å². The Bertz CT molecular complexity index is 551. The van der Waals surface area contributed by atoms with Gasteiger partial charge in [-0.1, -0.05) is 0 Å². The largest absolute Gasteiger partial charge is 0.506 e. The minimum Gasteiger partial charge on any atom is -0.506 e. The maximum absolute atomic E-state index is 12.1. The quantitative estimate of drug-likeness (QED) is 0.479. The Hall–Kier alpha value is -1.31. The van der Waals surface area contributed by atoms with Crippen molar-refractivity contribution in [3.8, 4) is 5.75 Å². The second-order valence-electron chi connectivity index (χ2n) is 4.85. The lowest BCUT2D eigenvalue weighted by atomic mass is 9.94. The van der Waals surface area contributed by atoms with Crippen molar-refractivity contribution in [3.05, 3.63) is 18.2 Å². The van der Waals surface area contributed by atoms with E-state index in [-0.39, 0.29) is 28.5 Å². The number of aromatic hydroxyl groups is 1. The minimum absolute atomic E-state index is 0.0296. The molecule has 0 heterocycles. The predicted molar refractivity (Wildman–Crippen MR) is 71.1 cm³/mol. The van der Waals surface area contributed by atoms with E-state index in [1.807, 2.05) is 0 Å². The van der Waals surface area contributed by atoms with Crippen LogP contribution in [0.3, 0.4) is 0 Å². The summed E-state index contributed by atoms with van der Waals surface area (Å²) in [6.45, 7) is 0. The molecule has 1 aromatic carbocycles. The predicted octanol–water partition coefficient (Wildman–Crippen LogP) is 0.556. The fraction of sp³-hybridized carbons (Fsp3) is 0.500. The van der Waals surface area contributed by atoms with E-state index in [9.17, 15) is 18.6 Å². The first-order valence-electron chi connectivity index (χ1n) is 6.17. The van der Waals surface area contributed by atoms with E-state index in [1.54, 1.807) is 0 Å². The molecule has 0 atom stereocenters. The topological polar surface area (TPSA) is 113 Å². The van der Waals surface area contributed by atoms with Crippen LogP contribution in [0.25, 0.3) is 0 Å². The van der Waals surface area contributed by atoms with Crippen molar-refractivity contribution in [1.29, 1.82) is 0 Å².